The molecule has 0 amide bonds. The van der Waals surface area contributed by atoms with Crippen molar-refractivity contribution in [2.24, 2.45) is 0 Å². The summed E-state index contributed by atoms with van der Waals surface area (Å²) in [4.78, 5) is 10.8. The van der Waals surface area contributed by atoms with Gasteiger partial charge < -0.3 is 9.84 Å². The van der Waals surface area contributed by atoms with E-state index >= 15 is 0 Å². The molecule has 0 atom stereocenters. The van der Waals surface area contributed by atoms with Crippen LogP contribution in [0, 0.1) is 0 Å². The fourth-order valence-electron chi connectivity index (χ4n) is 3.13. The number of rotatable bonds is 3. The Morgan fingerprint density at radius 3 is 2.56 bits per heavy atom. The molecule has 18 heavy (non-hydrogen) atoms. The minimum Gasteiger partial charge on any atom is -0.449 e. The fraction of sp³-hybridized carbons (Fsp3) is 0.533. The molecule has 0 bridgehead atoms. The standard InChI is InChI=1S/C15H20O3/c1-2-15(10-6-3-7-11-15)12-8-4-5-9-13(12)18-14(16)17/h4-5,8-9H,2-3,6-7,10-11H2,1H3,(H,16,17). The van der Waals surface area contributed by atoms with E-state index in [9.17, 15) is 4.79 Å². The predicted octanol–water partition coefficient (Wildman–Crippen LogP) is 4.36. The Kier molecular flexibility index (Phi) is 3.90. The van der Waals surface area contributed by atoms with E-state index < -0.39 is 6.16 Å². The highest BCUT2D eigenvalue weighted by atomic mass is 16.7. The lowest BCUT2D eigenvalue weighted by atomic mass is 9.67. The quantitative estimate of drug-likeness (QED) is 0.638. The molecule has 3 heteroatoms. The van der Waals surface area contributed by atoms with Crippen LogP contribution in [-0.4, -0.2) is 11.3 Å². The van der Waals surface area contributed by atoms with Gasteiger partial charge in [0.1, 0.15) is 5.75 Å². The Labute approximate surface area is 108 Å². The first-order valence-corrected chi connectivity index (χ1v) is 6.68. The van der Waals surface area contributed by atoms with E-state index in [0.717, 1.165) is 24.8 Å². The largest absolute Gasteiger partial charge is 0.511 e. The van der Waals surface area contributed by atoms with Gasteiger partial charge in [0.2, 0.25) is 0 Å². The van der Waals surface area contributed by atoms with Crippen LogP contribution in [0.25, 0.3) is 0 Å². The van der Waals surface area contributed by atoms with Crippen molar-refractivity contribution in [2.75, 3.05) is 0 Å². The van der Waals surface area contributed by atoms with Crippen LogP contribution < -0.4 is 4.74 Å². The summed E-state index contributed by atoms with van der Waals surface area (Å²) in [5.41, 5.74) is 1.17. The van der Waals surface area contributed by atoms with Crippen LogP contribution in [0.15, 0.2) is 24.3 Å². The minimum atomic E-state index is -1.23. The summed E-state index contributed by atoms with van der Waals surface area (Å²) >= 11 is 0. The van der Waals surface area contributed by atoms with Gasteiger partial charge in [0, 0.05) is 5.56 Å². The van der Waals surface area contributed by atoms with Crippen molar-refractivity contribution in [3.63, 3.8) is 0 Å². The molecule has 1 aliphatic carbocycles. The van der Waals surface area contributed by atoms with Crippen molar-refractivity contribution in [2.45, 2.75) is 50.9 Å². The van der Waals surface area contributed by atoms with Crippen LogP contribution in [0.1, 0.15) is 51.0 Å². The van der Waals surface area contributed by atoms with E-state index in [4.69, 9.17) is 9.84 Å². The molecule has 3 nitrogen and oxygen atoms in total. The SMILES string of the molecule is CCC1(c2ccccc2OC(=O)O)CCCCC1. The molecule has 0 heterocycles. The normalized spacial score (nSPS) is 18.3. The molecule has 0 saturated heterocycles. The third-order valence-corrected chi connectivity index (χ3v) is 4.14. The number of para-hydroxylation sites is 1. The van der Waals surface area contributed by atoms with Gasteiger partial charge in [-0.15, -0.1) is 0 Å². The molecule has 2 rings (SSSR count). The van der Waals surface area contributed by atoms with E-state index in [2.05, 4.69) is 6.92 Å². The number of ether oxygens (including phenoxy) is 1. The molecule has 0 radical (unpaired) electrons. The van der Waals surface area contributed by atoms with Crippen molar-refractivity contribution in [3.8, 4) is 5.75 Å². The zero-order valence-corrected chi connectivity index (χ0v) is 10.8. The molecule has 1 aliphatic rings. The van der Waals surface area contributed by atoms with Gasteiger partial charge in [-0.05, 0) is 30.7 Å². The molecular weight excluding hydrogens is 228 g/mol. The van der Waals surface area contributed by atoms with Gasteiger partial charge in [-0.3, -0.25) is 0 Å². The number of carboxylic acid groups (broad SMARTS) is 1. The second-order valence-electron chi connectivity index (χ2n) is 5.06. The molecule has 98 valence electrons. The number of hydrogen-bond acceptors (Lipinski definition) is 2. The van der Waals surface area contributed by atoms with Gasteiger partial charge in [-0.2, -0.15) is 0 Å². The summed E-state index contributed by atoms with van der Waals surface area (Å²) in [7, 11) is 0. The van der Waals surface area contributed by atoms with Crippen LogP contribution >= 0.6 is 0 Å². The maximum atomic E-state index is 10.8. The average Bonchev–Trinajstić information content (AvgIpc) is 2.39. The number of hydrogen-bond donors (Lipinski definition) is 1. The third kappa shape index (κ3) is 2.50. The first kappa shape index (κ1) is 12.9. The summed E-state index contributed by atoms with van der Waals surface area (Å²) in [5.74, 6) is 0.508. The highest BCUT2D eigenvalue weighted by Crippen LogP contribution is 2.45. The van der Waals surface area contributed by atoms with E-state index in [-0.39, 0.29) is 5.41 Å². The maximum Gasteiger partial charge on any atom is 0.511 e. The van der Waals surface area contributed by atoms with Crippen molar-refractivity contribution in [3.05, 3.63) is 29.8 Å². The lowest BCUT2D eigenvalue weighted by Crippen LogP contribution is -2.29. The highest BCUT2D eigenvalue weighted by molar-refractivity contribution is 5.62. The smallest absolute Gasteiger partial charge is 0.449 e. The fourth-order valence-corrected chi connectivity index (χ4v) is 3.13. The van der Waals surface area contributed by atoms with Crippen LogP contribution in [0.3, 0.4) is 0 Å². The van der Waals surface area contributed by atoms with Gasteiger partial charge in [0.05, 0.1) is 0 Å². The lowest BCUT2D eigenvalue weighted by molar-refractivity contribution is 0.142. The second-order valence-corrected chi connectivity index (χ2v) is 5.06. The van der Waals surface area contributed by atoms with Crippen LogP contribution in [0.4, 0.5) is 4.79 Å². The molecule has 1 fully saturated rings. The average molecular weight is 248 g/mol. The Hall–Kier alpha value is -1.51. The Morgan fingerprint density at radius 1 is 1.28 bits per heavy atom. The van der Waals surface area contributed by atoms with Gasteiger partial charge in [-0.25, -0.2) is 4.79 Å². The Morgan fingerprint density at radius 2 is 1.94 bits per heavy atom. The summed E-state index contributed by atoms with van der Waals surface area (Å²) in [6.07, 6.45) is 5.78. The summed E-state index contributed by atoms with van der Waals surface area (Å²) < 4.78 is 4.94. The Bertz CT molecular complexity index is 420. The third-order valence-electron chi connectivity index (χ3n) is 4.14. The monoisotopic (exact) mass is 248 g/mol. The minimum absolute atomic E-state index is 0.101. The van der Waals surface area contributed by atoms with E-state index in [0.29, 0.717) is 5.75 Å². The molecular formula is C15H20O3. The van der Waals surface area contributed by atoms with E-state index in [1.807, 2.05) is 18.2 Å². The highest BCUT2D eigenvalue weighted by Gasteiger charge is 2.34. The molecule has 0 spiro atoms. The van der Waals surface area contributed by atoms with Gasteiger partial charge in [-0.1, -0.05) is 44.4 Å². The maximum absolute atomic E-state index is 10.8. The van der Waals surface area contributed by atoms with E-state index in [1.165, 1.54) is 19.3 Å². The summed E-state index contributed by atoms with van der Waals surface area (Å²) in [5, 5.41) is 8.82. The predicted molar refractivity (Wildman–Crippen MR) is 70.1 cm³/mol. The first-order valence-electron chi connectivity index (χ1n) is 6.68. The molecule has 1 aromatic carbocycles. The summed E-state index contributed by atoms with van der Waals surface area (Å²) in [6.45, 7) is 2.18. The summed E-state index contributed by atoms with van der Waals surface area (Å²) in [6, 6.07) is 7.58. The van der Waals surface area contributed by atoms with Crippen LogP contribution in [0.2, 0.25) is 0 Å². The molecule has 1 N–H and O–H groups in total. The number of carbonyl (C=O) groups is 1. The van der Waals surface area contributed by atoms with E-state index in [1.54, 1.807) is 6.07 Å². The zero-order valence-electron chi connectivity index (χ0n) is 10.8. The van der Waals surface area contributed by atoms with Crippen LogP contribution in [0.5, 0.6) is 5.75 Å². The van der Waals surface area contributed by atoms with Gasteiger partial charge in [0.15, 0.2) is 0 Å². The lowest BCUT2D eigenvalue weighted by Gasteiger charge is -2.37. The number of benzene rings is 1. The van der Waals surface area contributed by atoms with Crippen molar-refractivity contribution >= 4 is 6.16 Å². The van der Waals surface area contributed by atoms with Gasteiger partial charge >= 0.3 is 6.16 Å². The Balaban J connectivity index is 2.38. The molecule has 0 unspecified atom stereocenters. The molecule has 0 aliphatic heterocycles. The van der Waals surface area contributed by atoms with Crippen molar-refractivity contribution < 1.29 is 14.6 Å². The molecule has 1 aromatic rings. The van der Waals surface area contributed by atoms with Crippen molar-refractivity contribution in [1.29, 1.82) is 0 Å². The molecule has 0 aromatic heterocycles. The van der Waals surface area contributed by atoms with Crippen LogP contribution in [-0.2, 0) is 5.41 Å². The molecule has 1 saturated carbocycles. The topological polar surface area (TPSA) is 46.5 Å². The van der Waals surface area contributed by atoms with Crippen molar-refractivity contribution in [1.82, 2.24) is 0 Å². The first-order chi connectivity index (χ1) is 8.68. The zero-order chi connectivity index (χ0) is 13.0. The van der Waals surface area contributed by atoms with Gasteiger partial charge in [0.25, 0.3) is 0 Å². The second kappa shape index (κ2) is 5.42.